The molecule has 1 saturated heterocycles. The van der Waals surface area contributed by atoms with E-state index in [2.05, 4.69) is 0 Å². The molecule has 0 spiro atoms. The van der Waals surface area contributed by atoms with Gasteiger partial charge in [0.25, 0.3) is 0 Å². The van der Waals surface area contributed by atoms with Crippen molar-refractivity contribution < 1.29 is 34.2 Å². The van der Waals surface area contributed by atoms with Crippen LogP contribution >= 0.6 is 0 Å². The van der Waals surface area contributed by atoms with Crippen molar-refractivity contribution in [2.75, 3.05) is 6.54 Å². The molecular formula is C40H37NO7. The number of imide groups is 1. The monoisotopic (exact) mass is 643 g/mol. The molecule has 1 saturated carbocycles. The Morgan fingerprint density at radius 3 is 2.27 bits per heavy atom. The lowest BCUT2D eigenvalue weighted by molar-refractivity contribution is -0.141. The Kier molecular flexibility index (Phi) is 8.19. The lowest BCUT2D eigenvalue weighted by atomic mass is 9.44. The number of carbonyl (C=O) groups excluding carboxylic acids is 4. The lowest BCUT2D eigenvalue weighted by Gasteiger charge is -2.55. The van der Waals surface area contributed by atoms with E-state index in [1.54, 1.807) is 18.2 Å². The molecule has 7 rings (SSSR count). The van der Waals surface area contributed by atoms with Crippen molar-refractivity contribution in [3.8, 4) is 5.75 Å². The van der Waals surface area contributed by atoms with Gasteiger partial charge >= 0.3 is 5.97 Å². The average Bonchev–Trinajstić information content (AvgIpc) is 3.34. The molecule has 2 fully saturated rings. The predicted molar refractivity (Wildman–Crippen MR) is 178 cm³/mol. The molecule has 0 radical (unpaired) electrons. The van der Waals surface area contributed by atoms with E-state index < -0.39 is 41.0 Å². The third-order valence-electron chi connectivity index (χ3n) is 10.9. The Balaban J connectivity index is 1.36. The van der Waals surface area contributed by atoms with Crippen LogP contribution in [0.25, 0.3) is 5.57 Å². The number of unbranched alkanes of at least 4 members (excludes halogenated alkanes) is 2. The SMILES string of the molecule is O=C(O)CCCCCN1C(=O)C2CC=C3C(CC4C(=O)C(c5ccccc5)=CC(=O)C4(c4ccccc4)C3c3cccc(O)c3)C2C1=O. The summed E-state index contributed by atoms with van der Waals surface area (Å²) < 4.78 is 0. The Labute approximate surface area is 278 Å². The zero-order valence-electron chi connectivity index (χ0n) is 26.5. The minimum atomic E-state index is -1.34. The minimum absolute atomic E-state index is 0.0277. The number of phenols is 1. The number of carbonyl (C=O) groups is 5. The molecule has 2 amide bonds. The number of hydrogen-bond acceptors (Lipinski definition) is 6. The fraction of sp³-hybridized carbons (Fsp3) is 0.325. The number of Topliss-reactive ketones (excluding diaryl/α,β-unsaturated/α-hetero) is 1. The summed E-state index contributed by atoms with van der Waals surface area (Å²) in [5.41, 5.74) is 1.86. The van der Waals surface area contributed by atoms with Gasteiger partial charge in [0.1, 0.15) is 5.75 Å². The molecular weight excluding hydrogens is 606 g/mol. The Hall–Kier alpha value is -5.11. The zero-order chi connectivity index (χ0) is 33.6. The summed E-state index contributed by atoms with van der Waals surface area (Å²) in [6, 6.07) is 25.3. The number of carboxylic acids is 1. The van der Waals surface area contributed by atoms with Gasteiger partial charge in [-0.15, -0.1) is 0 Å². The maximum Gasteiger partial charge on any atom is 0.303 e. The number of amides is 2. The third-order valence-corrected chi connectivity index (χ3v) is 10.9. The molecule has 1 aliphatic heterocycles. The van der Waals surface area contributed by atoms with Crippen LogP contribution in [0.1, 0.15) is 61.1 Å². The Morgan fingerprint density at radius 1 is 0.833 bits per heavy atom. The summed E-state index contributed by atoms with van der Waals surface area (Å²) in [5, 5.41) is 19.7. The zero-order valence-corrected chi connectivity index (χ0v) is 26.5. The number of phenolic OH excluding ortho intramolecular Hbond substituents is 1. The summed E-state index contributed by atoms with van der Waals surface area (Å²) in [7, 11) is 0. The first-order chi connectivity index (χ1) is 23.2. The molecule has 2 N–H and O–H groups in total. The molecule has 4 aliphatic rings. The molecule has 8 heteroatoms. The highest BCUT2D eigenvalue weighted by Gasteiger charge is 2.65. The Bertz CT molecular complexity index is 1860. The second-order valence-electron chi connectivity index (χ2n) is 13.4. The summed E-state index contributed by atoms with van der Waals surface area (Å²) in [5.74, 6) is -4.97. The summed E-state index contributed by atoms with van der Waals surface area (Å²) >= 11 is 0. The quantitative estimate of drug-likeness (QED) is 0.170. The molecule has 8 nitrogen and oxygen atoms in total. The van der Waals surface area contributed by atoms with Gasteiger partial charge in [0, 0.05) is 30.4 Å². The number of fused-ring (bicyclic) bond motifs is 4. The van der Waals surface area contributed by atoms with Crippen molar-refractivity contribution in [2.24, 2.45) is 23.7 Å². The summed E-state index contributed by atoms with van der Waals surface area (Å²) in [4.78, 5) is 70.0. The van der Waals surface area contributed by atoms with Crippen LogP contribution in [0, 0.1) is 23.7 Å². The van der Waals surface area contributed by atoms with Crippen LogP contribution in [0.5, 0.6) is 5.75 Å². The van der Waals surface area contributed by atoms with Crippen molar-refractivity contribution in [1.82, 2.24) is 4.90 Å². The minimum Gasteiger partial charge on any atom is -0.508 e. The number of hydrogen-bond donors (Lipinski definition) is 2. The summed E-state index contributed by atoms with van der Waals surface area (Å²) in [6.45, 7) is 0.220. The van der Waals surface area contributed by atoms with Crippen molar-refractivity contribution in [3.05, 3.63) is 119 Å². The fourth-order valence-corrected chi connectivity index (χ4v) is 8.96. The molecule has 0 aromatic heterocycles. The molecule has 0 bridgehead atoms. The molecule has 48 heavy (non-hydrogen) atoms. The van der Waals surface area contributed by atoms with Crippen molar-refractivity contribution in [2.45, 2.75) is 49.9 Å². The second kappa shape index (κ2) is 12.5. The number of likely N-dealkylation sites (tertiary alicyclic amines) is 1. The van der Waals surface area contributed by atoms with E-state index in [1.807, 2.05) is 72.8 Å². The highest BCUT2D eigenvalue weighted by Crippen LogP contribution is 2.63. The number of rotatable bonds is 9. The molecule has 3 aromatic rings. The topological polar surface area (TPSA) is 129 Å². The first-order valence-corrected chi connectivity index (χ1v) is 16.7. The summed E-state index contributed by atoms with van der Waals surface area (Å²) in [6.07, 6.45) is 5.64. The number of aliphatic carboxylic acids is 1. The Morgan fingerprint density at radius 2 is 1.56 bits per heavy atom. The fourth-order valence-electron chi connectivity index (χ4n) is 8.96. The van der Waals surface area contributed by atoms with Crippen LogP contribution < -0.4 is 0 Å². The molecule has 244 valence electrons. The number of allylic oxidation sites excluding steroid dienone is 4. The number of carboxylic acid groups (broad SMARTS) is 1. The van der Waals surface area contributed by atoms with E-state index in [0.29, 0.717) is 47.9 Å². The highest BCUT2D eigenvalue weighted by atomic mass is 16.4. The standard InChI is InChI=1S/C40H37NO7/c42-27-16-10-13-25(21-27)36-28-18-19-29-35(39(48)41(38(29)47)20-9-3-8-17-34(44)45)31(28)22-32-37(46)30(24-11-4-1-5-12-24)23-33(43)40(32,36)26-14-6-2-7-15-26/h1-2,4-7,10-16,18,21,23,29,31-32,35-36,42H,3,8-9,17,19-20,22H2,(H,44,45). The molecule has 6 atom stereocenters. The van der Waals surface area contributed by atoms with Gasteiger partial charge < -0.3 is 10.2 Å². The molecule has 3 aliphatic carbocycles. The van der Waals surface area contributed by atoms with Crippen molar-refractivity contribution >= 4 is 34.9 Å². The average molecular weight is 644 g/mol. The number of ketones is 2. The van der Waals surface area contributed by atoms with E-state index in [4.69, 9.17) is 5.11 Å². The van der Waals surface area contributed by atoms with E-state index in [0.717, 1.165) is 5.57 Å². The van der Waals surface area contributed by atoms with Crippen molar-refractivity contribution in [3.63, 3.8) is 0 Å². The van der Waals surface area contributed by atoms with Crippen molar-refractivity contribution in [1.29, 1.82) is 0 Å². The highest BCUT2D eigenvalue weighted by molar-refractivity contribution is 6.31. The van der Waals surface area contributed by atoms with Gasteiger partial charge in [0.2, 0.25) is 11.8 Å². The van der Waals surface area contributed by atoms with E-state index in [1.165, 1.54) is 11.0 Å². The van der Waals surface area contributed by atoms with Gasteiger partial charge in [-0.05, 0) is 66.5 Å². The molecule has 1 heterocycles. The third kappa shape index (κ3) is 5.02. The second-order valence-corrected chi connectivity index (χ2v) is 13.4. The van der Waals surface area contributed by atoms with Crippen LogP contribution in [0.2, 0.25) is 0 Å². The van der Waals surface area contributed by atoms with Crippen LogP contribution in [-0.4, -0.2) is 51.0 Å². The van der Waals surface area contributed by atoms with E-state index in [-0.39, 0.29) is 48.5 Å². The largest absolute Gasteiger partial charge is 0.508 e. The first-order valence-electron chi connectivity index (χ1n) is 16.7. The molecule has 3 aromatic carbocycles. The number of aromatic hydroxyl groups is 1. The molecule has 6 unspecified atom stereocenters. The van der Waals surface area contributed by atoms with Gasteiger partial charge in [0.15, 0.2) is 11.6 Å². The van der Waals surface area contributed by atoms with E-state index in [9.17, 15) is 29.1 Å². The van der Waals surface area contributed by atoms with Crippen LogP contribution in [0.4, 0.5) is 0 Å². The van der Waals surface area contributed by atoms with Crippen LogP contribution in [0.3, 0.4) is 0 Å². The normalized spacial score (nSPS) is 27.9. The van der Waals surface area contributed by atoms with E-state index >= 15 is 0 Å². The van der Waals surface area contributed by atoms with Crippen LogP contribution in [-0.2, 0) is 29.4 Å². The maximum atomic E-state index is 14.9. The van der Waals surface area contributed by atoms with Gasteiger partial charge in [-0.1, -0.05) is 90.9 Å². The van der Waals surface area contributed by atoms with Gasteiger partial charge in [-0.2, -0.15) is 0 Å². The first kappa shape index (κ1) is 31.5. The van der Waals surface area contributed by atoms with Crippen LogP contribution in [0.15, 0.2) is 103 Å². The number of nitrogens with zero attached hydrogens (tertiary/aromatic N) is 1. The maximum absolute atomic E-state index is 14.9. The predicted octanol–water partition coefficient (Wildman–Crippen LogP) is 5.86. The lowest BCUT2D eigenvalue weighted by Crippen LogP contribution is -2.58. The van der Waals surface area contributed by atoms with Gasteiger partial charge in [-0.3, -0.25) is 28.9 Å². The van der Waals surface area contributed by atoms with Gasteiger partial charge in [0.05, 0.1) is 17.3 Å². The smallest absolute Gasteiger partial charge is 0.303 e. The number of benzene rings is 3. The van der Waals surface area contributed by atoms with Gasteiger partial charge in [-0.25, -0.2) is 0 Å².